The van der Waals surface area contributed by atoms with Gasteiger partial charge in [0.1, 0.15) is 0 Å². The van der Waals surface area contributed by atoms with Gasteiger partial charge in [0, 0.05) is 6.21 Å². The fourth-order valence-corrected chi connectivity index (χ4v) is 0.664. The van der Waals surface area contributed by atoms with E-state index in [9.17, 15) is 0 Å². The third kappa shape index (κ3) is 20.1. The van der Waals surface area contributed by atoms with Gasteiger partial charge in [-0.1, -0.05) is 72.9 Å². The van der Waals surface area contributed by atoms with Gasteiger partial charge in [0.05, 0.1) is 5.70 Å². The summed E-state index contributed by atoms with van der Waals surface area (Å²) in [7, 11) is 0. The van der Waals surface area contributed by atoms with Crippen molar-refractivity contribution in [2.75, 3.05) is 0 Å². The topological polar surface area (TPSA) is 12.4 Å². The molecule has 106 valence electrons. The molecule has 0 unspecified atom stereocenters. The van der Waals surface area contributed by atoms with Crippen molar-refractivity contribution < 1.29 is 0 Å². The Labute approximate surface area is 116 Å². The molecular weight excluding hydrogens is 218 g/mol. The molecule has 0 aromatic rings. The molecule has 0 heterocycles. The van der Waals surface area contributed by atoms with Gasteiger partial charge in [0.25, 0.3) is 0 Å². The SMILES string of the molecule is C=CC(=C)/C(=C\C=C/C)N=CC.CC.CC.CC. The van der Waals surface area contributed by atoms with Crippen LogP contribution in [0.25, 0.3) is 0 Å². The van der Waals surface area contributed by atoms with Crippen LogP contribution in [0.15, 0.2) is 53.7 Å². The van der Waals surface area contributed by atoms with E-state index in [0.717, 1.165) is 11.3 Å². The molecule has 0 N–H and O–H groups in total. The van der Waals surface area contributed by atoms with Crippen molar-refractivity contribution in [1.29, 1.82) is 0 Å². The van der Waals surface area contributed by atoms with Gasteiger partial charge in [-0.3, -0.25) is 4.99 Å². The third-order valence-corrected chi connectivity index (χ3v) is 1.29. The molecule has 0 saturated carbocycles. The van der Waals surface area contributed by atoms with Gasteiger partial charge < -0.3 is 0 Å². The Balaban J connectivity index is -0.000000141. The van der Waals surface area contributed by atoms with Crippen LogP contribution in [0.1, 0.15) is 55.4 Å². The summed E-state index contributed by atoms with van der Waals surface area (Å²) in [6.45, 7) is 23.3. The minimum Gasteiger partial charge on any atom is -0.261 e. The van der Waals surface area contributed by atoms with Gasteiger partial charge in [0.15, 0.2) is 0 Å². The highest BCUT2D eigenvalue weighted by Gasteiger charge is 1.92. The molecular formula is C17H33N. The van der Waals surface area contributed by atoms with Crippen LogP contribution in [0.3, 0.4) is 0 Å². The minimum atomic E-state index is 0.839. The maximum absolute atomic E-state index is 4.15. The monoisotopic (exact) mass is 251 g/mol. The van der Waals surface area contributed by atoms with E-state index >= 15 is 0 Å². The second kappa shape index (κ2) is 29.6. The maximum atomic E-state index is 4.15. The normalized spacial score (nSPS) is 9.44. The van der Waals surface area contributed by atoms with Gasteiger partial charge in [-0.25, -0.2) is 0 Å². The Hall–Kier alpha value is -1.37. The van der Waals surface area contributed by atoms with Crippen LogP contribution in [0.5, 0.6) is 0 Å². The molecule has 0 fully saturated rings. The molecule has 0 radical (unpaired) electrons. The lowest BCUT2D eigenvalue weighted by atomic mass is 10.2. The van der Waals surface area contributed by atoms with E-state index in [1.54, 1.807) is 12.3 Å². The first kappa shape index (κ1) is 25.5. The number of hydrogen-bond donors (Lipinski definition) is 0. The third-order valence-electron chi connectivity index (χ3n) is 1.29. The molecule has 18 heavy (non-hydrogen) atoms. The van der Waals surface area contributed by atoms with Gasteiger partial charge in [-0.15, -0.1) is 0 Å². The van der Waals surface area contributed by atoms with Crippen molar-refractivity contribution in [2.24, 2.45) is 4.99 Å². The highest BCUT2D eigenvalue weighted by Crippen LogP contribution is 2.09. The smallest absolute Gasteiger partial charge is 0.0691 e. The van der Waals surface area contributed by atoms with Crippen molar-refractivity contribution >= 4 is 6.21 Å². The van der Waals surface area contributed by atoms with E-state index in [-0.39, 0.29) is 0 Å². The second-order valence-corrected chi connectivity index (χ2v) is 2.19. The van der Waals surface area contributed by atoms with Crippen molar-refractivity contribution in [1.82, 2.24) is 0 Å². The van der Waals surface area contributed by atoms with Crippen LogP contribution in [0.2, 0.25) is 0 Å². The lowest BCUT2D eigenvalue weighted by Gasteiger charge is -1.97. The molecule has 0 aromatic heterocycles. The first-order chi connectivity index (χ1) is 8.76. The van der Waals surface area contributed by atoms with Gasteiger partial charge in [-0.2, -0.15) is 0 Å². The van der Waals surface area contributed by atoms with Gasteiger partial charge in [-0.05, 0) is 25.5 Å². The molecule has 0 rings (SSSR count). The number of nitrogens with zero attached hydrogens (tertiary/aromatic N) is 1. The van der Waals surface area contributed by atoms with Crippen molar-refractivity contribution in [3.63, 3.8) is 0 Å². The molecule has 0 aromatic carbocycles. The van der Waals surface area contributed by atoms with E-state index in [1.807, 2.05) is 73.6 Å². The van der Waals surface area contributed by atoms with E-state index in [1.165, 1.54) is 0 Å². The van der Waals surface area contributed by atoms with Gasteiger partial charge in [0.2, 0.25) is 0 Å². The Morgan fingerprint density at radius 2 is 1.39 bits per heavy atom. The highest BCUT2D eigenvalue weighted by molar-refractivity contribution is 5.58. The quantitative estimate of drug-likeness (QED) is 0.407. The van der Waals surface area contributed by atoms with E-state index in [0.29, 0.717) is 0 Å². The standard InChI is InChI=1S/C11H15N.3C2H6/c1-5-8-9-11(12-7-3)10(4)6-2;3*1-2/h5-9H,2,4H2,1,3H3;3*1-2H3/b8-5-,11-9+,12-7?;;;. The Morgan fingerprint density at radius 3 is 1.67 bits per heavy atom. The predicted molar refractivity (Wildman–Crippen MR) is 90.4 cm³/mol. The first-order valence-corrected chi connectivity index (χ1v) is 6.89. The Bertz CT molecular complexity index is 242. The number of rotatable bonds is 4. The summed E-state index contributed by atoms with van der Waals surface area (Å²) in [5, 5.41) is 0. The van der Waals surface area contributed by atoms with Crippen molar-refractivity contribution in [3.8, 4) is 0 Å². The molecule has 0 spiro atoms. The van der Waals surface area contributed by atoms with E-state index in [2.05, 4.69) is 18.2 Å². The molecule has 0 aliphatic rings. The zero-order valence-corrected chi connectivity index (χ0v) is 13.7. The summed E-state index contributed by atoms with van der Waals surface area (Å²) in [4.78, 5) is 4.15. The van der Waals surface area contributed by atoms with E-state index < -0.39 is 0 Å². The van der Waals surface area contributed by atoms with Crippen molar-refractivity contribution in [3.05, 3.63) is 48.7 Å². The van der Waals surface area contributed by atoms with Crippen LogP contribution in [-0.4, -0.2) is 6.21 Å². The maximum Gasteiger partial charge on any atom is 0.0691 e. The lowest BCUT2D eigenvalue weighted by Crippen LogP contribution is -1.80. The summed E-state index contributed by atoms with van der Waals surface area (Å²) in [5.74, 6) is 0. The molecule has 1 heteroatoms. The molecule has 0 aliphatic heterocycles. The average Bonchev–Trinajstić information content (AvgIpc) is 2.49. The molecule has 0 bridgehead atoms. The summed E-state index contributed by atoms with van der Waals surface area (Å²) < 4.78 is 0. The molecule has 0 amide bonds. The van der Waals surface area contributed by atoms with Crippen molar-refractivity contribution in [2.45, 2.75) is 55.4 Å². The number of hydrogen-bond acceptors (Lipinski definition) is 1. The first-order valence-electron chi connectivity index (χ1n) is 6.89. The van der Waals surface area contributed by atoms with Gasteiger partial charge >= 0.3 is 0 Å². The van der Waals surface area contributed by atoms with Crippen LogP contribution in [0, 0.1) is 0 Å². The highest BCUT2D eigenvalue weighted by atomic mass is 14.7. The molecule has 0 atom stereocenters. The fourth-order valence-electron chi connectivity index (χ4n) is 0.664. The van der Waals surface area contributed by atoms with Crippen LogP contribution >= 0.6 is 0 Å². The van der Waals surface area contributed by atoms with Crippen LogP contribution in [-0.2, 0) is 0 Å². The Morgan fingerprint density at radius 1 is 0.944 bits per heavy atom. The predicted octanol–water partition coefficient (Wildman–Crippen LogP) is 6.36. The summed E-state index contributed by atoms with van der Waals surface area (Å²) >= 11 is 0. The zero-order valence-electron chi connectivity index (χ0n) is 13.7. The number of aliphatic imine (C=N–C) groups is 1. The van der Waals surface area contributed by atoms with Crippen LogP contribution < -0.4 is 0 Å². The molecule has 0 aliphatic carbocycles. The molecule has 0 saturated heterocycles. The van der Waals surface area contributed by atoms with Crippen LogP contribution in [0.4, 0.5) is 0 Å². The zero-order chi connectivity index (χ0) is 15.4. The summed E-state index contributed by atoms with van der Waals surface area (Å²) in [6, 6.07) is 0. The summed E-state index contributed by atoms with van der Waals surface area (Å²) in [6.07, 6.45) is 9.22. The molecule has 1 nitrogen and oxygen atoms in total. The largest absolute Gasteiger partial charge is 0.261 e. The second-order valence-electron chi connectivity index (χ2n) is 2.19. The lowest BCUT2D eigenvalue weighted by molar-refractivity contribution is 1.36. The average molecular weight is 251 g/mol. The minimum absolute atomic E-state index is 0.839. The Kier molecular flexibility index (Phi) is 41.9. The van der Waals surface area contributed by atoms with E-state index in [4.69, 9.17) is 0 Å². The fraction of sp³-hybridized carbons (Fsp3) is 0.471. The summed E-state index contributed by atoms with van der Waals surface area (Å²) in [5.41, 5.74) is 1.69. The number of allylic oxidation sites excluding steroid dienone is 4.